The van der Waals surface area contributed by atoms with Gasteiger partial charge in [0.2, 0.25) is 0 Å². The fourth-order valence-corrected chi connectivity index (χ4v) is 25.0. The van der Waals surface area contributed by atoms with E-state index >= 15 is 0 Å². The van der Waals surface area contributed by atoms with E-state index in [9.17, 15) is 0 Å². The lowest BCUT2D eigenvalue weighted by atomic mass is 10.0. The molecule has 0 fully saturated rings. The number of fused-ring (bicyclic) bond motifs is 21. The van der Waals surface area contributed by atoms with Gasteiger partial charge in [0.1, 0.15) is 0 Å². The van der Waals surface area contributed by atoms with Gasteiger partial charge in [-0.3, -0.25) is 0 Å². The largest absolute Gasteiger partial charge is 0.308 e. The predicted octanol–water partition coefficient (Wildman–Crippen LogP) is 36.0. The van der Waals surface area contributed by atoms with Crippen molar-refractivity contribution in [1.82, 2.24) is 58.6 Å². The lowest BCUT2D eigenvalue weighted by Crippen LogP contribution is -2.03. The van der Waals surface area contributed by atoms with Crippen LogP contribution in [0.3, 0.4) is 0 Å². The Morgan fingerprint density at radius 2 is 0.387 bits per heavy atom. The van der Waals surface area contributed by atoms with Crippen molar-refractivity contribution in [2.75, 3.05) is 0 Å². The van der Waals surface area contributed by atoms with Crippen molar-refractivity contribution < 1.29 is 0 Å². The highest BCUT2D eigenvalue weighted by molar-refractivity contribution is 7.27. The SMILES string of the molecule is c1ccc(-c2cccc(-c3nc(-c4ccccc4)nc(-c4ccc(-n5c6ccccc6c6ccc7c8ccccc8sc7c65)cc4)n3)c2)cc1.c1ccc(-c2cccc(-c3nc(-c4ccccc4)nc(-c4cccc(-n5c6ccccc6c6ccc7c8ccccc8sc7c65)c4)n3)c2)cc1.c1ccc(-c2cccc(-c3nc(-c4ccccc4)nc(-c4ccccc4-n4c5ccccc5c5ccc6c7ccccc7sc6c54)n3)c2)cc1. The first-order valence-corrected chi connectivity index (χ1v) is 52.6. The average molecular weight is 1970 g/mol. The molecule has 0 aliphatic carbocycles. The molecule has 0 unspecified atom stereocenters. The topological polar surface area (TPSA) is 131 Å². The van der Waals surface area contributed by atoms with Crippen molar-refractivity contribution >= 4 is 160 Å². The molecule has 0 saturated carbocycles. The van der Waals surface area contributed by atoms with Gasteiger partial charge in [0.05, 0.1) is 52.9 Å². The van der Waals surface area contributed by atoms with Crippen LogP contribution in [0.5, 0.6) is 0 Å². The van der Waals surface area contributed by atoms with Crippen LogP contribution in [-0.4, -0.2) is 58.6 Å². The molecule has 0 atom stereocenters. The second-order valence-corrected chi connectivity index (χ2v) is 40.5. The standard InChI is InChI=1S/3C45H28N4S/c1-3-14-29(15-4-1)31-18-13-19-32(28-31)44-46-43(30-16-5-2-6-17-30)47-45(48-44)37-22-8-11-24-39(37)49-38-23-10-7-20-33(38)35-26-27-36-34-21-9-12-25-40(34)50-42(36)41(35)49;1-3-13-29(14-4-1)31-17-11-18-32(27-31)44-46-43(30-15-5-2-6-16-30)47-45(48-44)33-19-12-20-34(28-33)49-39-23-9-7-21-35(39)37-25-26-38-36-22-8-10-24-40(36)50-42(38)41(37)49;1-3-12-29(13-4-1)32-16-11-17-33(28-32)45-47-43(30-14-5-2-6-15-30)46-44(48-45)31-22-24-34(25-23-31)49-39-20-9-7-18-35(39)37-26-27-38-36-19-8-10-21-40(36)50-42(38)41(37)49/h3*1-28H. The summed E-state index contributed by atoms with van der Waals surface area (Å²) in [5.41, 5.74) is 25.6. The molecule has 9 aromatic heterocycles. The smallest absolute Gasteiger partial charge is 0.166 e. The first-order chi connectivity index (χ1) is 74.4. The first-order valence-electron chi connectivity index (χ1n) is 50.1. The number of nitrogens with zero attached hydrogens (tertiary/aromatic N) is 12. The average Bonchev–Trinajstić information content (AvgIpc) is 1.56. The monoisotopic (exact) mass is 1970 g/mol. The fourth-order valence-electron chi connectivity index (χ4n) is 21.3. The summed E-state index contributed by atoms with van der Waals surface area (Å²) in [6.07, 6.45) is 0. The number of aromatic nitrogens is 12. The van der Waals surface area contributed by atoms with Crippen LogP contribution >= 0.6 is 34.0 Å². The summed E-state index contributed by atoms with van der Waals surface area (Å²) in [5, 5.41) is 15.2. The number of benzene rings is 21. The molecule has 0 bridgehead atoms. The Hall–Kier alpha value is -19.3. The van der Waals surface area contributed by atoms with Gasteiger partial charge in [0, 0.05) is 140 Å². The number of thiophene rings is 3. The second kappa shape index (κ2) is 37.7. The van der Waals surface area contributed by atoms with Gasteiger partial charge in [-0.2, -0.15) is 0 Å². The highest BCUT2D eigenvalue weighted by atomic mass is 32.1. The van der Waals surface area contributed by atoms with E-state index in [1.165, 1.54) is 120 Å². The summed E-state index contributed by atoms with van der Waals surface area (Å²) in [6.45, 7) is 0. The Bertz CT molecular complexity index is 10500. The number of hydrogen-bond acceptors (Lipinski definition) is 12. The van der Waals surface area contributed by atoms with Gasteiger partial charge >= 0.3 is 0 Å². The lowest BCUT2D eigenvalue weighted by molar-refractivity contribution is 1.06. The van der Waals surface area contributed by atoms with Crippen LogP contribution in [0.15, 0.2) is 510 Å². The zero-order valence-corrected chi connectivity index (χ0v) is 83.0. The third kappa shape index (κ3) is 16.0. The van der Waals surface area contributed by atoms with Crippen LogP contribution in [0.25, 0.3) is 279 Å². The second-order valence-electron chi connectivity index (χ2n) is 37.3. The summed E-state index contributed by atoms with van der Waals surface area (Å²) in [7, 11) is 0. The summed E-state index contributed by atoms with van der Waals surface area (Å²) in [5.74, 6) is 5.75. The van der Waals surface area contributed by atoms with Gasteiger partial charge in [-0.25, -0.2) is 44.9 Å². The number of para-hydroxylation sites is 4. The third-order valence-corrected chi connectivity index (χ3v) is 31.9. The fraction of sp³-hybridized carbons (Fsp3) is 0. The molecule has 0 N–H and O–H groups in total. The molecule has 12 nitrogen and oxygen atoms in total. The zero-order chi connectivity index (χ0) is 99.1. The third-order valence-electron chi connectivity index (χ3n) is 28.4. The van der Waals surface area contributed by atoms with E-state index in [0.717, 1.165) is 106 Å². The molecule has 9 heterocycles. The Morgan fingerprint density at radius 1 is 0.140 bits per heavy atom. The molecule has 150 heavy (non-hydrogen) atoms. The number of hydrogen-bond donors (Lipinski definition) is 0. The van der Waals surface area contributed by atoms with E-state index in [-0.39, 0.29) is 0 Å². The van der Waals surface area contributed by atoms with Gasteiger partial charge in [0.15, 0.2) is 52.4 Å². The molecule has 15 heteroatoms. The normalized spacial score (nSPS) is 11.6. The van der Waals surface area contributed by atoms with Crippen LogP contribution < -0.4 is 0 Å². The summed E-state index contributed by atoms with van der Waals surface area (Å²) < 4.78 is 15.0. The molecule has 30 aromatic rings. The molecule has 702 valence electrons. The molecule has 0 spiro atoms. The molecule has 0 amide bonds. The lowest BCUT2D eigenvalue weighted by Gasteiger charge is -2.15. The molecule has 0 saturated heterocycles. The van der Waals surface area contributed by atoms with Crippen molar-refractivity contribution in [2.45, 2.75) is 0 Å². The number of rotatable bonds is 15. The molecule has 0 radical (unpaired) electrons. The Balaban J connectivity index is 0.000000108. The Morgan fingerprint density at radius 3 is 0.753 bits per heavy atom. The molecule has 21 aromatic carbocycles. The summed E-state index contributed by atoms with van der Waals surface area (Å²) in [4.78, 5) is 45.7. The van der Waals surface area contributed by atoms with Crippen molar-refractivity contribution in [3.8, 4) is 153 Å². The van der Waals surface area contributed by atoms with E-state index in [1.807, 2.05) is 131 Å². The van der Waals surface area contributed by atoms with Crippen molar-refractivity contribution in [3.63, 3.8) is 0 Å². The maximum atomic E-state index is 5.23. The van der Waals surface area contributed by atoms with Crippen LogP contribution in [-0.2, 0) is 0 Å². The molecule has 0 aliphatic heterocycles. The van der Waals surface area contributed by atoms with Gasteiger partial charge in [-0.15, -0.1) is 34.0 Å². The van der Waals surface area contributed by atoms with Crippen LogP contribution in [0.2, 0.25) is 0 Å². The summed E-state index contributed by atoms with van der Waals surface area (Å²) >= 11 is 5.58. The molecular formula is C135H84N12S3. The van der Waals surface area contributed by atoms with Gasteiger partial charge in [0.25, 0.3) is 0 Å². The van der Waals surface area contributed by atoms with Gasteiger partial charge in [-0.05, 0) is 137 Å². The van der Waals surface area contributed by atoms with Crippen LogP contribution in [0.1, 0.15) is 0 Å². The zero-order valence-electron chi connectivity index (χ0n) is 80.6. The van der Waals surface area contributed by atoms with Crippen LogP contribution in [0, 0.1) is 0 Å². The molecule has 0 aliphatic rings. The maximum absolute atomic E-state index is 5.23. The van der Waals surface area contributed by atoms with Crippen LogP contribution in [0.4, 0.5) is 0 Å². The quantitative estimate of drug-likeness (QED) is 0.0984. The Labute approximate surface area is 874 Å². The minimum Gasteiger partial charge on any atom is -0.308 e. The Kier molecular flexibility index (Phi) is 22.2. The maximum Gasteiger partial charge on any atom is 0.166 e. The summed E-state index contributed by atoms with van der Waals surface area (Å²) in [6, 6.07) is 179. The van der Waals surface area contributed by atoms with E-state index in [0.29, 0.717) is 52.4 Å². The highest BCUT2D eigenvalue weighted by Gasteiger charge is 2.27. The highest BCUT2D eigenvalue weighted by Crippen LogP contribution is 2.49. The predicted molar refractivity (Wildman–Crippen MR) is 626 cm³/mol. The van der Waals surface area contributed by atoms with Crippen molar-refractivity contribution in [1.29, 1.82) is 0 Å². The van der Waals surface area contributed by atoms with E-state index in [1.54, 1.807) is 0 Å². The van der Waals surface area contributed by atoms with E-state index in [4.69, 9.17) is 44.9 Å². The minimum absolute atomic E-state index is 0.629. The van der Waals surface area contributed by atoms with Gasteiger partial charge < -0.3 is 13.7 Å². The van der Waals surface area contributed by atoms with E-state index < -0.39 is 0 Å². The van der Waals surface area contributed by atoms with Crippen molar-refractivity contribution in [3.05, 3.63) is 510 Å². The molecule has 30 rings (SSSR count). The van der Waals surface area contributed by atoms with E-state index in [2.05, 4.69) is 426 Å². The van der Waals surface area contributed by atoms with Gasteiger partial charge in [-0.1, -0.05) is 406 Å². The minimum atomic E-state index is 0.629. The molecular weight excluding hydrogens is 1890 g/mol. The first kappa shape index (κ1) is 88.4. The van der Waals surface area contributed by atoms with Crippen molar-refractivity contribution in [2.24, 2.45) is 0 Å².